The van der Waals surface area contributed by atoms with Crippen LogP contribution in [0, 0.1) is 0 Å². The van der Waals surface area contributed by atoms with E-state index in [0.717, 1.165) is 6.42 Å². The first-order valence-corrected chi connectivity index (χ1v) is 9.54. The lowest BCUT2D eigenvalue weighted by molar-refractivity contribution is -0.142. The molecule has 1 saturated heterocycles. The molecule has 0 amide bonds. The number of nitrogens with zero attached hydrogens (tertiary/aromatic N) is 2. The summed E-state index contributed by atoms with van der Waals surface area (Å²) in [6.07, 6.45) is 1.23. The second-order valence-electron chi connectivity index (χ2n) is 7.81. The number of pyridine rings is 1. The van der Waals surface area contributed by atoms with Crippen molar-refractivity contribution in [3.05, 3.63) is 58.4 Å². The minimum Gasteiger partial charge on any atom is -0.480 e. The van der Waals surface area contributed by atoms with Gasteiger partial charge >= 0.3 is 11.6 Å². The van der Waals surface area contributed by atoms with Crippen molar-refractivity contribution in [1.29, 1.82) is 0 Å². The first-order valence-electron chi connectivity index (χ1n) is 9.54. The second-order valence-corrected chi connectivity index (χ2v) is 7.81. The molecular weight excluding hydrogens is 377 g/mol. The zero-order valence-corrected chi connectivity index (χ0v) is 16.5. The summed E-state index contributed by atoms with van der Waals surface area (Å²) in [6.45, 7) is 2.21. The molecule has 1 N–H and O–H groups in total. The molecule has 144 valence electrons. The fraction of sp³-hybridized carbons (Fsp3) is 0.286. The van der Waals surface area contributed by atoms with Crippen LogP contribution in [0.3, 0.4) is 0 Å². The number of aromatic nitrogens is 1. The molecule has 6 nitrogen and oxygen atoms in total. The molecule has 4 rings (SSSR count). The van der Waals surface area contributed by atoms with Gasteiger partial charge in [0, 0.05) is 23.6 Å². The third-order valence-electron chi connectivity index (χ3n) is 5.66. The van der Waals surface area contributed by atoms with Gasteiger partial charge in [0.15, 0.2) is 0 Å². The predicted octanol–water partition coefficient (Wildman–Crippen LogP) is 1.91. The van der Waals surface area contributed by atoms with Gasteiger partial charge in [-0.3, -0.25) is 0 Å². The molecule has 2 aromatic heterocycles. The highest BCUT2D eigenvalue weighted by Gasteiger charge is 2.44. The Morgan fingerprint density at radius 3 is 2.63 bits per heavy atom. The zero-order valence-electron chi connectivity index (χ0n) is 16.5. The van der Waals surface area contributed by atoms with Crippen LogP contribution in [0.2, 0.25) is 0 Å². The molecule has 0 unspecified atom stereocenters. The molecule has 9 heteroatoms. The van der Waals surface area contributed by atoms with E-state index in [9.17, 15) is 14.7 Å². The Labute approximate surface area is 177 Å². The number of carboxylic acid groups (broad SMARTS) is 1. The van der Waals surface area contributed by atoms with Crippen molar-refractivity contribution in [3.8, 4) is 11.1 Å². The number of rotatable bonds is 4. The number of hydrogen-bond donors (Lipinski definition) is 1. The van der Waals surface area contributed by atoms with Gasteiger partial charge in [-0.15, -0.1) is 5.11 Å². The standard InChI is InChI=1S/C21H17B3N2O4/c1-20(19(28)29)9-4-10-26(20)16-8-7-13-14(11-17(27)30-18(13)25-16)12-5-2-3-6-15(12)21(22,23)24/h2-3,5-8,11H,4,9-10H2,1H3,(H,28,29)/t20-/m0/s1. The van der Waals surface area contributed by atoms with Gasteiger partial charge in [0.05, 0.1) is 23.5 Å². The highest BCUT2D eigenvalue weighted by molar-refractivity contribution is 6.59. The van der Waals surface area contributed by atoms with E-state index in [0.29, 0.717) is 40.9 Å². The molecule has 0 bridgehead atoms. The number of aliphatic carboxylic acids is 1. The lowest BCUT2D eigenvalue weighted by atomic mass is 9.39. The Hall–Kier alpha value is -2.96. The summed E-state index contributed by atoms with van der Waals surface area (Å²) in [4.78, 5) is 30.3. The summed E-state index contributed by atoms with van der Waals surface area (Å²) in [7, 11) is 17.8. The van der Waals surface area contributed by atoms with E-state index < -0.39 is 22.2 Å². The molecule has 30 heavy (non-hydrogen) atoms. The van der Waals surface area contributed by atoms with Crippen molar-refractivity contribution >= 4 is 46.4 Å². The summed E-state index contributed by atoms with van der Waals surface area (Å²) in [5.74, 6) is -0.486. The summed E-state index contributed by atoms with van der Waals surface area (Å²) in [5.41, 5.74) is 0.0119. The van der Waals surface area contributed by atoms with Crippen molar-refractivity contribution in [2.75, 3.05) is 11.4 Å². The van der Waals surface area contributed by atoms with E-state index in [1.54, 1.807) is 48.2 Å². The number of carboxylic acids is 1. The topological polar surface area (TPSA) is 83.6 Å². The average molecular weight is 394 g/mol. The first-order chi connectivity index (χ1) is 14.1. The Morgan fingerprint density at radius 2 is 1.93 bits per heavy atom. The van der Waals surface area contributed by atoms with Gasteiger partial charge in [-0.2, -0.15) is 4.98 Å². The van der Waals surface area contributed by atoms with Crippen molar-refractivity contribution in [2.45, 2.75) is 30.4 Å². The summed E-state index contributed by atoms with van der Waals surface area (Å²) < 4.78 is 5.34. The number of carbonyl (C=O) groups is 1. The van der Waals surface area contributed by atoms with E-state index in [2.05, 4.69) is 4.98 Å². The van der Waals surface area contributed by atoms with Crippen LogP contribution in [0.5, 0.6) is 0 Å². The minimum absolute atomic E-state index is 0.0982. The Bertz CT molecular complexity index is 1200. The second kappa shape index (κ2) is 7.08. The van der Waals surface area contributed by atoms with Crippen LogP contribution in [0.1, 0.15) is 25.3 Å². The summed E-state index contributed by atoms with van der Waals surface area (Å²) in [6, 6.07) is 11.8. The monoisotopic (exact) mass is 394 g/mol. The quantitative estimate of drug-likeness (QED) is 0.682. The number of fused-ring (bicyclic) bond motifs is 1. The third-order valence-corrected chi connectivity index (χ3v) is 5.66. The molecule has 1 atom stereocenters. The third kappa shape index (κ3) is 3.32. The van der Waals surface area contributed by atoms with Gasteiger partial charge in [0.25, 0.3) is 0 Å². The van der Waals surface area contributed by atoms with Gasteiger partial charge in [0.1, 0.15) is 11.4 Å². The number of benzene rings is 1. The highest BCUT2D eigenvalue weighted by atomic mass is 16.4. The normalized spacial score (nSPS) is 19.3. The first kappa shape index (κ1) is 20.3. The van der Waals surface area contributed by atoms with Crippen molar-refractivity contribution in [2.24, 2.45) is 0 Å². The van der Waals surface area contributed by atoms with E-state index >= 15 is 0 Å². The molecule has 1 fully saturated rings. The predicted molar refractivity (Wildman–Crippen MR) is 117 cm³/mol. The molecule has 6 radical (unpaired) electrons. The molecule has 0 saturated carbocycles. The molecular formula is C21H17B3N2O4. The van der Waals surface area contributed by atoms with E-state index in [1.807, 2.05) is 0 Å². The summed E-state index contributed by atoms with van der Waals surface area (Å²) in [5, 5.41) is 8.64. The molecule has 3 heterocycles. The minimum atomic E-state index is -1.61. The lowest BCUT2D eigenvalue weighted by Gasteiger charge is -2.32. The van der Waals surface area contributed by atoms with Crippen molar-refractivity contribution in [1.82, 2.24) is 4.98 Å². The maximum Gasteiger partial charge on any atom is 0.338 e. The maximum absolute atomic E-state index is 12.3. The van der Waals surface area contributed by atoms with Crippen molar-refractivity contribution < 1.29 is 14.3 Å². The Balaban J connectivity index is 1.91. The fourth-order valence-electron chi connectivity index (χ4n) is 4.06. The summed E-state index contributed by atoms with van der Waals surface area (Å²) >= 11 is 0. The van der Waals surface area contributed by atoms with Gasteiger partial charge < -0.3 is 14.4 Å². The van der Waals surface area contributed by atoms with Crippen molar-refractivity contribution in [3.63, 3.8) is 0 Å². The average Bonchev–Trinajstić information content (AvgIpc) is 3.09. The highest BCUT2D eigenvalue weighted by Crippen LogP contribution is 2.36. The number of anilines is 1. The van der Waals surface area contributed by atoms with Gasteiger partial charge in [-0.1, -0.05) is 29.8 Å². The van der Waals surface area contributed by atoms with Gasteiger partial charge in [0.2, 0.25) is 5.71 Å². The van der Waals surface area contributed by atoms with Crippen LogP contribution in [0.4, 0.5) is 5.82 Å². The lowest BCUT2D eigenvalue weighted by Crippen LogP contribution is -2.48. The fourth-order valence-corrected chi connectivity index (χ4v) is 4.06. The van der Waals surface area contributed by atoms with E-state index in [-0.39, 0.29) is 5.71 Å². The Kier molecular flexibility index (Phi) is 4.79. The molecule has 0 aliphatic carbocycles. The molecule has 1 aliphatic heterocycles. The largest absolute Gasteiger partial charge is 0.480 e. The molecule has 0 spiro atoms. The SMILES string of the molecule is [B]C([B])([B])c1ccccc1-c1cc(=O)oc2nc(N3CCC[C@@]3(C)C(=O)O)ccc12. The molecule has 1 aromatic carbocycles. The maximum atomic E-state index is 12.3. The van der Waals surface area contributed by atoms with Crippen LogP contribution < -0.4 is 10.5 Å². The zero-order chi connectivity index (χ0) is 21.7. The molecule has 1 aliphatic rings. The van der Waals surface area contributed by atoms with Gasteiger partial charge in [-0.25, -0.2) is 9.59 Å². The van der Waals surface area contributed by atoms with Crippen LogP contribution >= 0.6 is 0 Å². The van der Waals surface area contributed by atoms with Crippen LogP contribution in [-0.2, 0) is 9.91 Å². The molecule has 3 aromatic rings. The Morgan fingerprint density at radius 1 is 1.20 bits per heavy atom. The van der Waals surface area contributed by atoms with E-state index in [1.165, 1.54) is 6.07 Å². The smallest absolute Gasteiger partial charge is 0.338 e. The van der Waals surface area contributed by atoms with E-state index in [4.69, 9.17) is 28.0 Å². The van der Waals surface area contributed by atoms with Crippen LogP contribution in [0.25, 0.3) is 22.2 Å². The number of hydrogen-bond acceptors (Lipinski definition) is 5. The van der Waals surface area contributed by atoms with Crippen LogP contribution in [-0.4, -0.2) is 51.7 Å². The van der Waals surface area contributed by atoms with Gasteiger partial charge in [-0.05, 0) is 37.5 Å². The van der Waals surface area contributed by atoms with Crippen LogP contribution in [0.15, 0.2) is 51.7 Å².